The molecule has 2 aliphatic carbocycles. The Bertz CT molecular complexity index is 1810. The summed E-state index contributed by atoms with van der Waals surface area (Å²) in [4.78, 5) is 9.60. The van der Waals surface area contributed by atoms with Gasteiger partial charge in [-0.3, -0.25) is 0 Å². The summed E-state index contributed by atoms with van der Waals surface area (Å²) >= 11 is 0. The zero-order valence-electron chi connectivity index (χ0n) is 28.6. The Labute approximate surface area is 282 Å². The second-order valence-corrected chi connectivity index (χ2v) is 18.2. The molecule has 2 aromatic heterocycles. The molecule has 11 heteroatoms. The fourth-order valence-electron chi connectivity index (χ4n) is 7.05. The molecule has 0 aliphatic heterocycles. The van der Waals surface area contributed by atoms with Gasteiger partial charge >= 0.3 is 0 Å². The van der Waals surface area contributed by atoms with Crippen LogP contribution in [0.1, 0.15) is 105 Å². The Hall–Kier alpha value is -2.72. The van der Waals surface area contributed by atoms with E-state index in [0.29, 0.717) is 43.0 Å². The summed E-state index contributed by atoms with van der Waals surface area (Å²) in [5.74, 6) is 2.97. The van der Waals surface area contributed by atoms with Crippen LogP contribution in [-0.2, 0) is 33.0 Å². The molecule has 0 spiro atoms. The van der Waals surface area contributed by atoms with Gasteiger partial charge in [0.25, 0.3) is 9.05 Å². The van der Waals surface area contributed by atoms with Crippen molar-refractivity contribution in [3.05, 3.63) is 48.0 Å². The molecule has 2 aromatic carbocycles. The van der Waals surface area contributed by atoms with Gasteiger partial charge in [-0.2, -0.15) is 0 Å². The van der Waals surface area contributed by atoms with Crippen LogP contribution in [0.5, 0.6) is 0 Å². The van der Waals surface area contributed by atoms with E-state index in [-0.39, 0.29) is 15.7 Å². The molecule has 2 aliphatic rings. The van der Waals surface area contributed by atoms with Gasteiger partial charge in [0.2, 0.25) is 0 Å². The zero-order valence-corrected chi connectivity index (χ0v) is 30.1. The molecule has 0 saturated heterocycles. The first-order chi connectivity index (χ1) is 21.9. The second-order valence-electron chi connectivity index (χ2n) is 15.7. The Kier molecular flexibility index (Phi) is 10.3. The van der Waals surface area contributed by atoms with Crippen LogP contribution in [0.25, 0.3) is 22.1 Å². The van der Waals surface area contributed by atoms with Crippen molar-refractivity contribution in [2.24, 2.45) is 11.8 Å². The molecule has 2 N–H and O–H groups in total. The van der Waals surface area contributed by atoms with Gasteiger partial charge in [0.1, 0.15) is 24.0 Å². The number of hydrogen-bond acceptors (Lipinski definition) is 5. The molecule has 0 amide bonds. The van der Waals surface area contributed by atoms with Crippen molar-refractivity contribution in [1.82, 2.24) is 19.1 Å². The van der Waals surface area contributed by atoms with Crippen LogP contribution in [0.2, 0.25) is 0 Å². The summed E-state index contributed by atoms with van der Waals surface area (Å²) in [5, 5.41) is 0. The summed E-state index contributed by atoms with van der Waals surface area (Å²) < 4.78 is 54.5. The molecule has 47 heavy (non-hydrogen) atoms. The smallest absolute Gasteiger partial charge is 0.261 e. The third-order valence-electron chi connectivity index (χ3n) is 9.55. The van der Waals surface area contributed by atoms with Crippen LogP contribution in [-0.4, -0.2) is 39.9 Å². The van der Waals surface area contributed by atoms with E-state index >= 15 is 0 Å². The van der Waals surface area contributed by atoms with Crippen LogP contribution in [0.15, 0.2) is 41.3 Å². The van der Waals surface area contributed by atoms with Crippen molar-refractivity contribution in [3.8, 4) is 0 Å². The number of fused-ring (bicyclic) bond motifs is 2. The highest BCUT2D eigenvalue weighted by molar-refractivity contribution is 8.13. The maximum atomic E-state index is 13.4. The molecule has 4 aromatic rings. The van der Waals surface area contributed by atoms with Gasteiger partial charge in [-0.05, 0) is 99.6 Å². The molecule has 7 nitrogen and oxygen atoms in total. The third kappa shape index (κ3) is 8.48. The quantitative estimate of drug-likeness (QED) is 0.166. The van der Waals surface area contributed by atoms with Gasteiger partial charge in [-0.15, -0.1) is 0 Å². The number of nitrogens with two attached hydrogens (primary N) is 1. The average molecular weight is 690 g/mol. The Morgan fingerprint density at radius 2 is 1.13 bits per heavy atom. The second kappa shape index (κ2) is 13.7. The highest BCUT2D eigenvalue weighted by Crippen LogP contribution is 2.34. The normalized spacial score (nSPS) is 22.7. The summed E-state index contributed by atoms with van der Waals surface area (Å²) in [6.45, 7) is 14.5. The fraction of sp³-hybridized carbons (Fsp3) is 0.611. The van der Waals surface area contributed by atoms with Gasteiger partial charge < -0.3 is 14.9 Å². The fourth-order valence-corrected chi connectivity index (χ4v) is 7.82. The van der Waals surface area contributed by atoms with E-state index in [1.165, 1.54) is 12.1 Å². The third-order valence-corrected chi connectivity index (χ3v) is 10.9. The minimum Gasteiger partial charge on any atom is -0.399 e. The number of alkyl halides is 2. The standard InChI is InChI=1S/C18H24ClFN2O2S.C18H26FN3/c1-18(2,3)17-21-15-10-14(25(19,23)24)8-9-16(15)22(17)11-12-4-6-13(20)7-5-12;1-18(2,3)17-21-15-10-14(20)8-9-16(15)22(17)11-12-4-6-13(19)7-5-12/h8-10,12-13H,4-7,11H2,1-3H3;8-10,12-13H,4-7,11,20H2,1-3H3. The number of anilines is 1. The number of benzene rings is 2. The number of halogens is 3. The molecule has 0 radical (unpaired) electrons. The lowest BCUT2D eigenvalue weighted by Crippen LogP contribution is -2.24. The molecule has 2 heterocycles. The molecular weight excluding hydrogens is 640 g/mol. The molecule has 2 saturated carbocycles. The summed E-state index contributed by atoms with van der Waals surface area (Å²) in [6.07, 6.45) is 5.07. The summed E-state index contributed by atoms with van der Waals surface area (Å²) in [5.41, 5.74) is 10.1. The van der Waals surface area contributed by atoms with Crippen LogP contribution < -0.4 is 5.73 Å². The maximum absolute atomic E-state index is 13.4. The van der Waals surface area contributed by atoms with E-state index in [1.54, 1.807) is 6.07 Å². The van der Waals surface area contributed by atoms with E-state index in [2.05, 4.69) is 56.7 Å². The molecule has 2 fully saturated rings. The molecule has 6 rings (SSSR count). The minimum atomic E-state index is -3.79. The lowest BCUT2D eigenvalue weighted by Gasteiger charge is -2.27. The van der Waals surface area contributed by atoms with Crippen molar-refractivity contribution < 1.29 is 17.2 Å². The average Bonchev–Trinajstić information content (AvgIpc) is 3.53. The van der Waals surface area contributed by atoms with E-state index in [9.17, 15) is 17.2 Å². The summed E-state index contributed by atoms with van der Waals surface area (Å²) in [6, 6.07) is 10.8. The van der Waals surface area contributed by atoms with Crippen molar-refractivity contribution in [2.45, 2.75) is 134 Å². The Morgan fingerprint density at radius 3 is 1.53 bits per heavy atom. The number of nitrogens with zero attached hydrogens (tertiary/aromatic N) is 4. The topological polar surface area (TPSA) is 95.8 Å². The number of rotatable bonds is 5. The van der Waals surface area contributed by atoms with Crippen molar-refractivity contribution in [2.75, 3.05) is 5.73 Å². The first kappa shape index (κ1) is 35.6. The van der Waals surface area contributed by atoms with E-state index < -0.39 is 21.4 Å². The van der Waals surface area contributed by atoms with E-state index in [1.807, 2.05) is 12.1 Å². The highest BCUT2D eigenvalue weighted by atomic mass is 35.7. The predicted molar refractivity (Wildman–Crippen MR) is 188 cm³/mol. The van der Waals surface area contributed by atoms with E-state index in [4.69, 9.17) is 26.4 Å². The first-order valence-electron chi connectivity index (χ1n) is 16.9. The van der Waals surface area contributed by atoms with E-state index in [0.717, 1.165) is 72.7 Å². The lowest BCUT2D eigenvalue weighted by atomic mass is 9.87. The van der Waals surface area contributed by atoms with Crippen molar-refractivity contribution in [3.63, 3.8) is 0 Å². The van der Waals surface area contributed by atoms with Gasteiger partial charge in [0.15, 0.2) is 0 Å². The Morgan fingerprint density at radius 1 is 0.723 bits per heavy atom. The maximum Gasteiger partial charge on any atom is 0.261 e. The molecular formula is C36H50ClF2N5O2S. The predicted octanol–water partition coefficient (Wildman–Crippen LogP) is 9.23. The largest absolute Gasteiger partial charge is 0.399 e. The SMILES string of the molecule is CC(C)(C)c1nc2cc(N)ccc2n1CC1CCC(F)CC1.CC(C)(C)c1nc2cc(S(=O)(=O)Cl)ccc2n1CC1CCC(F)CC1. The minimum absolute atomic E-state index is 0.0227. The van der Waals surface area contributed by atoms with Crippen LogP contribution in [0.4, 0.5) is 14.5 Å². The molecule has 258 valence electrons. The Balaban J connectivity index is 0.000000186. The van der Waals surface area contributed by atoms with Crippen molar-refractivity contribution >= 4 is 47.5 Å². The van der Waals surface area contributed by atoms with Crippen molar-refractivity contribution in [1.29, 1.82) is 0 Å². The molecule has 0 bridgehead atoms. The lowest BCUT2D eigenvalue weighted by molar-refractivity contribution is 0.194. The van der Waals surface area contributed by atoms with Gasteiger partial charge in [-0.1, -0.05) is 41.5 Å². The summed E-state index contributed by atoms with van der Waals surface area (Å²) in [7, 11) is 1.68. The van der Waals surface area contributed by atoms with Gasteiger partial charge in [0, 0.05) is 40.3 Å². The molecule has 0 unspecified atom stereocenters. The van der Waals surface area contributed by atoms with Crippen LogP contribution in [0.3, 0.4) is 0 Å². The number of aromatic nitrogens is 4. The van der Waals surface area contributed by atoms with Gasteiger partial charge in [-0.25, -0.2) is 27.2 Å². The zero-order chi connectivity index (χ0) is 34.3. The number of hydrogen-bond donors (Lipinski definition) is 1. The van der Waals surface area contributed by atoms with Gasteiger partial charge in [0.05, 0.1) is 27.0 Å². The molecule has 0 atom stereocenters. The number of imidazole rings is 2. The van der Waals surface area contributed by atoms with Crippen LogP contribution in [0, 0.1) is 11.8 Å². The first-order valence-corrected chi connectivity index (χ1v) is 19.2. The highest BCUT2D eigenvalue weighted by Gasteiger charge is 2.29. The monoisotopic (exact) mass is 689 g/mol. The number of nitrogen functional groups attached to an aromatic ring is 1. The van der Waals surface area contributed by atoms with Crippen LogP contribution >= 0.6 is 10.7 Å².